The molecule has 0 heterocycles. The van der Waals surface area contributed by atoms with Crippen LogP contribution < -0.4 is 4.72 Å². The lowest BCUT2D eigenvalue weighted by atomic mass is 10.0. The van der Waals surface area contributed by atoms with Crippen molar-refractivity contribution in [1.82, 2.24) is 4.72 Å². The summed E-state index contributed by atoms with van der Waals surface area (Å²) in [6.07, 6.45) is 0.770. The van der Waals surface area contributed by atoms with Crippen LogP contribution in [0.2, 0.25) is 0 Å². The third-order valence-electron chi connectivity index (χ3n) is 2.79. The van der Waals surface area contributed by atoms with E-state index >= 15 is 0 Å². The Kier molecular flexibility index (Phi) is 3.78. The largest absolute Gasteiger partial charge is 0.298 e. The minimum absolute atomic E-state index is 0.215. The van der Waals surface area contributed by atoms with Gasteiger partial charge in [0.1, 0.15) is 6.29 Å². The van der Waals surface area contributed by atoms with E-state index in [4.69, 9.17) is 0 Å². The van der Waals surface area contributed by atoms with Gasteiger partial charge in [-0.1, -0.05) is 36.4 Å². The monoisotopic (exact) mass is 275 g/mol. The maximum absolute atomic E-state index is 11.7. The molecule has 0 aromatic heterocycles. The number of benzene rings is 2. The smallest absolute Gasteiger partial charge is 0.240 e. The van der Waals surface area contributed by atoms with Gasteiger partial charge < -0.3 is 0 Å². The van der Waals surface area contributed by atoms with Gasteiger partial charge in [0, 0.05) is 5.56 Å². The minimum atomic E-state index is -3.45. The third kappa shape index (κ3) is 2.89. The fourth-order valence-corrected chi connectivity index (χ4v) is 2.49. The average molecular weight is 275 g/mol. The van der Waals surface area contributed by atoms with Crippen LogP contribution in [0.25, 0.3) is 11.1 Å². The lowest BCUT2D eigenvalue weighted by molar-refractivity contribution is 0.112. The van der Waals surface area contributed by atoms with Gasteiger partial charge in [-0.25, -0.2) is 13.1 Å². The number of sulfonamides is 1. The zero-order valence-corrected chi connectivity index (χ0v) is 11.1. The van der Waals surface area contributed by atoms with E-state index in [1.165, 1.54) is 13.1 Å². The van der Waals surface area contributed by atoms with E-state index in [-0.39, 0.29) is 4.90 Å². The summed E-state index contributed by atoms with van der Waals surface area (Å²) in [4.78, 5) is 10.8. The molecule has 0 unspecified atom stereocenters. The number of rotatable bonds is 4. The Balaban J connectivity index is 2.46. The number of aldehydes is 1. The average Bonchev–Trinajstić information content (AvgIpc) is 2.47. The minimum Gasteiger partial charge on any atom is -0.298 e. The van der Waals surface area contributed by atoms with Crippen molar-refractivity contribution in [3.05, 3.63) is 54.1 Å². The van der Waals surface area contributed by atoms with Crippen molar-refractivity contribution in [1.29, 1.82) is 0 Å². The molecule has 0 bridgehead atoms. The van der Waals surface area contributed by atoms with E-state index in [0.717, 1.165) is 17.4 Å². The Labute approximate surface area is 112 Å². The molecule has 0 aliphatic heterocycles. The van der Waals surface area contributed by atoms with Crippen LogP contribution in [0.4, 0.5) is 0 Å². The standard InChI is InChI=1S/C14H13NO3S/c1-15-19(17,18)14-4-2-3-13(9-14)12-7-5-11(10-16)6-8-12/h2-10,15H,1H3. The summed E-state index contributed by atoms with van der Waals surface area (Å²) in [5, 5.41) is 0. The van der Waals surface area contributed by atoms with Crippen LogP contribution in [-0.4, -0.2) is 21.8 Å². The number of carbonyl (C=O) groups is 1. The van der Waals surface area contributed by atoms with Crippen molar-refractivity contribution in [3.8, 4) is 11.1 Å². The van der Waals surface area contributed by atoms with Crippen LogP contribution in [0.5, 0.6) is 0 Å². The summed E-state index contributed by atoms with van der Waals surface area (Å²) in [7, 11) is -2.07. The predicted octanol–water partition coefficient (Wildman–Crippen LogP) is 2.07. The summed E-state index contributed by atoms with van der Waals surface area (Å²) < 4.78 is 25.7. The van der Waals surface area contributed by atoms with E-state index in [9.17, 15) is 13.2 Å². The second-order valence-electron chi connectivity index (χ2n) is 3.98. The molecule has 0 saturated heterocycles. The van der Waals surface area contributed by atoms with E-state index in [2.05, 4.69) is 4.72 Å². The number of hydrogen-bond acceptors (Lipinski definition) is 3. The molecule has 0 amide bonds. The van der Waals surface area contributed by atoms with Gasteiger partial charge in [0.25, 0.3) is 0 Å². The van der Waals surface area contributed by atoms with Crippen molar-refractivity contribution in [2.24, 2.45) is 0 Å². The molecule has 0 radical (unpaired) electrons. The first kappa shape index (κ1) is 13.5. The molecule has 0 atom stereocenters. The van der Waals surface area contributed by atoms with Crippen LogP contribution in [0.15, 0.2) is 53.4 Å². The maximum atomic E-state index is 11.7. The highest BCUT2D eigenvalue weighted by atomic mass is 32.2. The predicted molar refractivity (Wildman–Crippen MR) is 73.5 cm³/mol. The molecule has 4 nitrogen and oxygen atoms in total. The van der Waals surface area contributed by atoms with Crippen molar-refractivity contribution < 1.29 is 13.2 Å². The molecule has 2 aromatic rings. The topological polar surface area (TPSA) is 63.2 Å². The Morgan fingerprint density at radius 2 is 1.68 bits per heavy atom. The molecule has 0 saturated carbocycles. The summed E-state index contributed by atoms with van der Waals surface area (Å²) in [5.41, 5.74) is 2.23. The van der Waals surface area contributed by atoms with Gasteiger partial charge >= 0.3 is 0 Å². The summed E-state index contributed by atoms with van der Waals surface area (Å²) >= 11 is 0. The number of nitrogens with one attached hydrogen (secondary N) is 1. The highest BCUT2D eigenvalue weighted by Gasteiger charge is 2.11. The maximum Gasteiger partial charge on any atom is 0.240 e. The van der Waals surface area contributed by atoms with E-state index in [1.54, 1.807) is 36.4 Å². The molecule has 0 aliphatic rings. The first-order valence-corrected chi connectivity index (χ1v) is 7.14. The molecule has 19 heavy (non-hydrogen) atoms. The zero-order chi connectivity index (χ0) is 13.9. The van der Waals surface area contributed by atoms with Crippen LogP contribution in [0.3, 0.4) is 0 Å². The molecule has 0 spiro atoms. The Morgan fingerprint density at radius 1 is 1.00 bits per heavy atom. The van der Waals surface area contributed by atoms with Crippen molar-refractivity contribution in [2.45, 2.75) is 4.90 Å². The molecule has 2 aromatic carbocycles. The first-order valence-electron chi connectivity index (χ1n) is 5.66. The molecule has 0 fully saturated rings. The lowest BCUT2D eigenvalue weighted by Crippen LogP contribution is -2.18. The highest BCUT2D eigenvalue weighted by molar-refractivity contribution is 7.89. The van der Waals surface area contributed by atoms with Gasteiger partial charge in [0.05, 0.1) is 4.90 Å². The quantitative estimate of drug-likeness (QED) is 0.869. The lowest BCUT2D eigenvalue weighted by Gasteiger charge is -2.06. The Bertz CT molecular complexity index is 691. The van der Waals surface area contributed by atoms with Crippen molar-refractivity contribution in [3.63, 3.8) is 0 Å². The highest BCUT2D eigenvalue weighted by Crippen LogP contribution is 2.22. The third-order valence-corrected chi connectivity index (χ3v) is 4.21. The van der Waals surface area contributed by atoms with Crippen molar-refractivity contribution >= 4 is 16.3 Å². The first-order chi connectivity index (χ1) is 9.06. The fourth-order valence-electron chi connectivity index (χ4n) is 1.71. The number of carbonyl (C=O) groups excluding carboxylic acids is 1. The molecule has 98 valence electrons. The molecular weight excluding hydrogens is 262 g/mol. The van der Waals surface area contributed by atoms with Gasteiger partial charge in [-0.05, 0) is 30.3 Å². The van der Waals surface area contributed by atoms with Crippen LogP contribution in [0, 0.1) is 0 Å². The summed E-state index contributed by atoms with van der Waals surface area (Å²) in [5.74, 6) is 0. The Hall–Kier alpha value is -1.98. The molecule has 5 heteroatoms. The molecule has 1 N–H and O–H groups in total. The number of hydrogen-bond donors (Lipinski definition) is 1. The SMILES string of the molecule is CNS(=O)(=O)c1cccc(-c2ccc(C=O)cc2)c1. The molecular formula is C14H13NO3S. The van der Waals surface area contributed by atoms with Gasteiger partial charge in [-0.3, -0.25) is 4.79 Å². The van der Waals surface area contributed by atoms with Gasteiger partial charge in [0.15, 0.2) is 0 Å². The normalized spacial score (nSPS) is 11.2. The van der Waals surface area contributed by atoms with E-state index in [1.807, 2.05) is 6.07 Å². The van der Waals surface area contributed by atoms with Gasteiger partial charge in [-0.2, -0.15) is 0 Å². The fraction of sp³-hybridized carbons (Fsp3) is 0.0714. The molecule has 2 rings (SSSR count). The molecule has 0 aliphatic carbocycles. The van der Waals surface area contributed by atoms with Crippen LogP contribution >= 0.6 is 0 Å². The summed E-state index contributed by atoms with van der Waals surface area (Å²) in [6.45, 7) is 0. The second-order valence-corrected chi connectivity index (χ2v) is 5.86. The van der Waals surface area contributed by atoms with E-state index in [0.29, 0.717) is 5.56 Å². The Morgan fingerprint density at radius 3 is 2.26 bits per heavy atom. The van der Waals surface area contributed by atoms with Crippen LogP contribution in [-0.2, 0) is 10.0 Å². The van der Waals surface area contributed by atoms with Crippen molar-refractivity contribution in [2.75, 3.05) is 7.05 Å². The van der Waals surface area contributed by atoms with Crippen LogP contribution in [0.1, 0.15) is 10.4 Å². The zero-order valence-electron chi connectivity index (χ0n) is 10.3. The van der Waals surface area contributed by atoms with Gasteiger partial charge in [0.2, 0.25) is 10.0 Å². The summed E-state index contributed by atoms with van der Waals surface area (Å²) in [6, 6.07) is 13.6. The second kappa shape index (κ2) is 5.34. The van der Waals surface area contributed by atoms with E-state index < -0.39 is 10.0 Å². The van der Waals surface area contributed by atoms with Gasteiger partial charge in [-0.15, -0.1) is 0 Å².